The summed E-state index contributed by atoms with van der Waals surface area (Å²) in [4.78, 5) is 26.3. The zero-order valence-corrected chi connectivity index (χ0v) is 17.2. The molecule has 2 aromatic carbocycles. The summed E-state index contributed by atoms with van der Waals surface area (Å²) in [6.07, 6.45) is -3.81. The quantitative estimate of drug-likeness (QED) is 0.525. The van der Waals surface area contributed by atoms with E-state index in [0.717, 1.165) is 12.1 Å². The second-order valence-corrected chi connectivity index (χ2v) is 6.91. The van der Waals surface area contributed by atoms with Crippen molar-refractivity contribution in [2.24, 2.45) is 0 Å². The Morgan fingerprint density at radius 2 is 1.94 bits per heavy atom. The molecule has 1 aromatic heterocycles. The van der Waals surface area contributed by atoms with Crippen molar-refractivity contribution in [2.75, 3.05) is 11.9 Å². The maximum atomic E-state index is 14.7. The fourth-order valence-electron chi connectivity index (χ4n) is 3.14. The van der Waals surface area contributed by atoms with Gasteiger partial charge >= 0.3 is 6.18 Å². The van der Waals surface area contributed by atoms with Gasteiger partial charge in [0.05, 0.1) is 30.2 Å². The fraction of sp³-hybridized carbons (Fsp3) is 0.174. The predicted molar refractivity (Wildman–Crippen MR) is 112 cm³/mol. The summed E-state index contributed by atoms with van der Waals surface area (Å²) in [5.74, 6) is -1.18. The molecule has 0 aliphatic carbocycles. The first-order chi connectivity index (χ1) is 15.6. The monoisotopic (exact) mass is 459 g/mol. The highest BCUT2D eigenvalue weighted by Gasteiger charge is 2.34. The van der Waals surface area contributed by atoms with E-state index in [9.17, 15) is 27.2 Å². The molecule has 170 valence electrons. The Morgan fingerprint density at radius 3 is 2.58 bits per heavy atom. The van der Waals surface area contributed by atoms with Crippen LogP contribution < -0.4 is 15.6 Å². The van der Waals surface area contributed by atoms with Gasteiger partial charge in [0.15, 0.2) is 0 Å². The first kappa shape index (κ1) is 23.5. The van der Waals surface area contributed by atoms with Gasteiger partial charge in [-0.2, -0.15) is 18.4 Å². The lowest BCUT2D eigenvalue weighted by Crippen LogP contribution is -2.16. The van der Waals surface area contributed by atoms with E-state index in [0.29, 0.717) is 23.8 Å². The topological polar surface area (TPSA) is 95.0 Å². The number of ether oxygens (including phenoxy) is 1. The predicted octanol–water partition coefficient (Wildman–Crippen LogP) is 4.65. The van der Waals surface area contributed by atoms with Crippen LogP contribution in [0.5, 0.6) is 5.75 Å². The van der Waals surface area contributed by atoms with E-state index in [1.54, 1.807) is 6.92 Å². The van der Waals surface area contributed by atoms with Gasteiger partial charge in [-0.05, 0) is 42.3 Å². The third-order valence-electron chi connectivity index (χ3n) is 4.63. The van der Waals surface area contributed by atoms with Crippen molar-refractivity contribution < 1.29 is 27.1 Å². The number of pyridine rings is 1. The van der Waals surface area contributed by atoms with Crippen LogP contribution >= 0.6 is 0 Å². The van der Waals surface area contributed by atoms with E-state index < -0.39 is 35.4 Å². The number of aromatic amines is 1. The maximum absolute atomic E-state index is 14.7. The number of carbonyl (C=O) groups excluding carboxylic acids is 1. The molecule has 33 heavy (non-hydrogen) atoms. The minimum atomic E-state index is -4.77. The lowest BCUT2D eigenvalue weighted by Gasteiger charge is -2.13. The minimum absolute atomic E-state index is 0.0170. The van der Waals surface area contributed by atoms with E-state index >= 15 is 0 Å². The third-order valence-corrected chi connectivity index (χ3v) is 4.63. The van der Waals surface area contributed by atoms with E-state index in [4.69, 9.17) is 10.00 Å². The summed E-state index contributed by atoms with van der Waals surface area (Å²) < 4.78 is 59.4. The zero-order valence-electron chi connectivity index (χ0n) is 17.2. The van der Waals surface area contributed by atoms with Crippen molar-refractivity contribution in [1.82, 2.24) is 4.98 Å². The molecule has 2 N–H and O–H groups in total. The fourth-order valence-corrected chi connectivity index (χ4v) is 3.14. The average molecular weight is 459 g/mol. The zero-order chi connectivity index (χ0) is 24.2. The van der Waals surface area contributed by atoms with Crippen LogP contribution in [0.15, 0.2) is 53.5 Å². The number of alkyl halides is 3. The summed E-state index contributed by atoms with van der Waals surface area (Å²) in [5, 5.41) is 11.1. The molecular weight excluding hydrogens is 442 g/mol. The number of nitriles is 1. The first-order valence-electron chi connectivity index (χ1n) is 9.68. The van der Waals surface area contributed by atoms with Crippen molar-refractivity contribution in [3.63, 3.8) is 0 Å². The van der Waals surface area contributed by atoms with E-state index in [2.05, 4.69) is 10.3 Å². The number of hydrogen-bond acceptors (Lipinski definition) is 4. The smallest absolute Gasteiger partial charge is 0.417 e. The van der Waals surface area contributed by atoms with Gasteiger partial charge in [0, 0.05) is 23.5 Å². The molecule has 0 saturated carbocycles. The lowest BCUT2D eigenvalue weighted by atomic mass is 10.0. The van der Waals surface area contributed by atoms with E-state index in [1.807, 2.05) is 0 Å². The first-order valence-corrected chi connectivity index (χ1v) is 9.68. The summed E-state index contributed by atoms with van der Waals surface area (Å²) in [6.45, 7) is 2.03. The second-order valence-electron chi connectivity index (χ2n) is 6.91. The standard InChI is InChI=1S/C23H17F4N3O3/c1-2-33-20-10-21(31)29-12-17(20)13-3-4-14(19(24)7-13)8-22(32)30-16-6-5-15(11-28)18(9-16)23(25,26)27/h3-7,9-10,12H,2,8H2,1H3,(H,29,31)(H,30,32). The van der Waals surface area contributed by atoms with Gasteiger partial charge < -0.3 is 15.0 Å². The van der Waals surface area contributed by atoms with Crippen molar-refractivity contribution >= 4 is 11.6 Å². The lowest BCUT2D eigenvalue weighted by molar-refractivity contribution is -0.137. The number of carbonyl (C=O) groups is 1. The van der Waals surface area contributed by atoms with Gasteiger partial charge in [-0.25, -0.2) is 4.39 Å². The number of H-pyrrole nitrogens is 1. The SMILES string of the molecule is CCOc1cc(=O)[nH]cc1-c1ccc(CC(=O)Nc2ccc(C#N)c(C(F)(F)F)c2)c(F)c1. The molecule has 0 radical (unpaired) electrons. The molecule has 0 atom stereocenters. The van der Waals surface area contributed by atoms with Gasteiger partial charge in [0.1, 0.15) is 11.6 Å². The Hall–Kier alpha value is -4.13. The number of rotatable bonds is 6. The summed E-state index contributed by atoms with van der Waals surface area (Å²) in [7, 11) is 0. The maximum Gasteiger partial charge on any atom is 0.417 e. The number of hydrogen-bond donors (Lipinski definition) is 2. The van der Waals surface area contributed by atoms with Gasteiger partial charge in [0.2, 0.25) is 5.91 Å². The Morgan fingerprint density at radius 1 is 1.18 bits per heavy atom. The van der Waals surface area contributed by atoms with Gasteiger partial charge in [-0.15, -0.1) is 0 Å². The molecule has 0 fully saturated rings. The van der Waals surface area contributed by atoms with Crippen LogP contribution in [0.3, 0.4) is 0 Å². The highest BCUT2D eigenvalue weighted by Crippen LogP contribution is 2.34. The average Bonchev–Trinajstić information content (AvgIpc) is 2.75. The molecular formula is C23H17F4N3O3. The number of amides is 1. The Bertz CT molecular complexity index is 1290. The number of nitrogens with one attached hydrogen (secondary N) is 2. The van der Waals surface area contributed by atoms with Crippen molar-refractivity contribution in [3.8, 4) is 22.9 Å². The molecule has 0 saturated heterocycles. The molecule has 3 rings (SSSR count). The van der Waals surface area contributed by atoms with E-state index in [-0.39, 0.29) is 22.6 Å². The molecule has 1 amide bonds. The molecule has 0 spiro atoms. The van der Waals surface area contributed by atoms with Crippen LogP contribution in [0.2, 0.25) is 0 Å². The summed E-state index contributed by atoms with van der Waals surface area (Å²) in [5.41, 5.74) is -1.43. The molecule has 0 aliphatic heterocycles. The van der Waals surface area contributed by atoms with Crippen LogP contribution in [-0.2, 0) is 17.4 Å². The Labute approximate surface area is 185 Å². The van der Waals surface area contributed by atoms with Gasteiger partial charge in [0.25, 0.3) is 5.56 Å². The Balaban J connectivity index is 1.80. The van der Waals surface area contributed by atoms with Crippen molar-refractivity contribution in [1.29, 1.82) is 5.26 Å². The summed E-state index contributed by atoms with van der Waals surface area (Å²) >= 11 is 0. The van der Waals surface area contributed by atoms with Crippen LogP contribution in [0, 0.1) is 17.1 Å². The molecule has 10 heteroatoms. The minimum Gasteiger partial charge on any atom is -0.493 e. The number of aromatic nitrogens is 1. The van der Waals surface area contributed by atoms with Gasteiger partial charge in [-0.1, -0.05) is 12.1 Å². The molecule has 0 unspecified atom stereocenters. The number of anilines is 1. The van der Waals surface area contributed by atoms with E-state index in [1.165, 1.54) is 36.5 Å². The van der Waals surface area contributed by atoms with Gasteiger partial charge in [-0.3, -0.25) is 9.59 Å². The summed E-state index contributed by atoms with van der Waals surface area (Å²) in [6, 6.07) is 9.53. The number of halogens is 4. The number of nitrogens with zero attached hydrogens (tertiary/aromatic N) is 1. The van der Waals surface area contributed by atoms with Crippen molar-refractivity contribution in [3.05, 3.63) is 81.5 Å². The molecule has 0 bridgehead atoms. The third kappa shape index (κ3) is 5.57. The normalized spacial score (nSPS) is 11.0. The largest absolute Gasteiger partial charge is 0.493 e. The highest BCUT2D eigenvalue weighted by molar-refractivity contribution is 5.92. The molecule has 3 aromatic rings. The van der Waals surface area contributed by atoms with Crippen LogP contribution in [0.25, 0.3) is 11.1 Å². The van der Waals surface area contributed by atoms with Crippen molar-refractivity contribution in [2.45, 2.75) is 19.5 Å². The molecule has 0 aliphatic rings. The Kier molecular flexibility index (Phi) is 6.82. The second kappa shape index (κ2) is 9.56. The van der Waals surface area contributed by atoms with Crippen LogP contribution in [0.4, 0.5) is 23.2 Å². The van der Waals surface area contributed by atoms with Crippen LogP contribution in [-0.4, -0.2) is 17.5 Å². The molecule has 1 heterocycles. The highest BCUT2D eigenvalue weighted by atomic mass is 19.4. The molecule has 6 nitrogen and oxygen atoms in total. The number of benzene rings is 2. The van der Waals surface area contributed by atoms with Crippen LogP contribution in [0.1, 0.15) is 23.6 Å².